The largest absolute Gasteiger partial charge is 0.492 e. The minimum Gasteiger partial charge on any atom is -0.492 e. The standard InChI is InChI=1S/C44H52N2O2.C2H6/c1-5-12-34(2)15-16-35-19-26-42-41(31-35)44(3,4)43(38-20-24-40(25-21-38)48-33-37-13-8-6-9-14-37)46(42)32-36-17-22-39(23-18-36)47-30-29-45-27-10-7-11-28-45;1-2/h5-6,8-9,12-14,17-26,31,43H,2,7,10-11,15-16,27-30,32-33H2,1,3-4H3;1-2H3/b12-5-;. The maximum Gasteiger partial charge on any atom is 0.119 e. The summed E-state index contributed by atoms with van der Waals surface area (Å²) in [7, 11) is 0. The third-order valence-corrected chi connectivity index (χ3v) is 10.0. The molecule has 1 unspecified atom stereocenters. The molecule has 2 aliphatic heterocycles. The summed E-state index contributed by atoms with van der Waals surface area (Å²) in [6.07, 6.45) is 10.1. The van der Waals surface area contributed by atoms with Crippen LogP contribution in [-0.2, 0) is 25.0 Å². The van der Waals surface area contributed by atoms with Gasteiger partial charge in [0, 0.05) is 24.2 Å². The Morgan fingerprint density at radius 1 is 0.800 bits per heavy atom. The Morgan fingerprint density at radius 3 is 2.16 bits per heavy atom. The van der Waals surface area contributed by atoms with Crippen LogP contribution in [0.5, 0.6) is 11.5 Å². The number of likely N-dealkylation sites (tertiary alicyclic amines) is 1. The highest BCUT2D eigenvalue weighted by molar-refractivity contribution is 5.66. The van der Waals surface area contributed by atoms with E-state index in [1.807, 2.05) is 19.9 Å². The zero-order valence-electron chi connectivity index (χ0n) is 31.2. The Labute approximate surface area is 302 Å². The minimum absolute atomic E-state index is 0.102. The summed E-state index contributed by atoms with van der Waals surface area (Å²) in [6.45, 7) is 20.6. The molecule has 4 nitrogen and oxygen atoms in total. The molecule has 1 saturated heterocycles. The summed E-state index contributed by atoms with van der Waals surface area (Å²) in [6, 6.07) is 35.1. The number of ether oxygens (including phenoxy) is 2. The molecular formula is C46H58N2O2. The van der Waals surface area contributed by atoms with E-state index in [0.29, 0.717) is 6.61 Å². The molecule has 50 heavy (non-hydrogen) atoms. The molecular weight excluding hydrogens is 613 g/mol. The third-order valence-electron chi connectivity index (χ3n) is 10.0. The van der Waals surface area contributed by atoms with E-state index in [9.17, 15) is 0 Å². The minimum atomic E-state index is -0.102. The van der Waals surface area contributed by atoms with E-state index in [1.165, 1.54) is 71.4 Å². The molecule has 1 atom stereocenters. The van der Waals surface area contributed by atoms with Gasteiger partial charge in [0.1, 0.15) is 24.7 Å². The average molecular weight is 671 g/mol. The van der Waals surface area contributed by atoms with Crippen LogP contribution in [0.2, 0.25) is 0 Å². The lowest BCUT2D eigenvalue weighted by Crippen LogP contribution is -2.33. The van der Waals surface area contributed by atoms with E-state index in [1.54, 1.807) is 0 Å². The van der Waals surface area contributed by atoms with Crippen molar-refractivity contribution in [3.63, 3.8) is 0 Å². The second-order valence-corrected chi connectivity index (χ2v) is 14.0. The van der Waals surface area contributed by atoms with Crippen molar-refractivity contribution in [3.05, 3.63) is 149 Å². The molecule has 0 spiro atoms. The Morgan fingerprint density at radius 2 is 1.46 bits per heavy atom. The first-order valence-corrected chi connectivity index (χ1v) is 18.8. The van der Waals surface area contributed by atoms with Crippen molar-refractivity contribution in [2.24, 2.45) is 0 Å². The normalized spacial score (nSPS) is 16.8. The molecule has 0 aromatic heterocycles. The molecule has 1 fully saturated rings. The molecule has 0 radical (unpaired) electrons. The van der Waals surface area contributed by atoms with E-state index in [4.69, 9.17) is 9.47 Å². The Bertz CT molecular complexity index is 1650. The van der Waals surface area contributed by atoms with Gasteiger partial charge >= 0.3 is 0 Å². The van der Waals surface area contributed by atoms with E-state index >= 15 is 0 Å². The van der Waals surface area contributed by atoms with Gasteiger partial charge in [0.15, 0.2) is 0 Å². The second kappa shape index (κ2) is 18.1. The third kappa shape index (κ3) is 9.48. The fraction of sp³-hybridized carbons (Fsp3) is 0.391. The highest BCUT2D eigenvalue weighted by Crippen LogP contribution is 2.53. The topological polar surface area (TPSA) is 24.9 Å². The van der Waals surface area contributed by atoms with Crippen LogP contribution in [0, 0.1) is 0 Å². The maximum atomic E-state index is 6.16. The average Bonchev–Trinajstić information content (AvgIpc) is 3.37. The van der Waals surface area contributed by atoms with Crippen molar-refractivity contribution in [2.75, 3.05) is 31.1 Å². The molecule has 2 heterocycles. The van der Waals surface area contributed by atoms with E-state index in [-0.39, 0.29) is 11.5 Å². The van der Waals surface area contributed by atoms with Crippen molar-refractivity contribution in [2.45, 2.75) is 91.3 Å². The van der Waals surface area contributed by atoms with Crippen molar-refractivity contribution in [3.8, 4) is 11.5 Å². The van der Waals surface area contributed by atoms with Crippen LogP contribution in [0.3, 0.4) is 0 Å². The van der Waals surface area contributed by atoms with Gasteiger partial charge in [0.25, 0.3) is 0 Å². The lowest BCUT2D eigenvalue weighted by Gasteiger charge is -2.35. The molecule has 0 bridgehead atoms. The number of anilines is 1. The van der Waals surface area contributed by atoms with Crippen molar-refractivity contribution in [1.29, 1.82) is 0 Å². The van der Waals surface area contributed by atoms with Gasteiger partial charge < -0.3 is 14.4 Å². The monoisotopic (exact) mass is 670 g/mol. The molecule has 4 heteroatoms. The summed E-state index contributed by atoms with van der Waals surface area (Å²) < 4.78 is 12.3. The van der Waals surface area contributed by atoms with Gasteiger partial charge in [-0.25, -0.2) is 0 Å². The first-order valence-electron chi connectivity index (χ1n) is 18.8. The van der Waals surface area contributed by atoms with Crippen LogP contribution in [-0.4, -0.2) is 31.1 Å². The van der Waals surface area contributed by atoms with Crippen LogP contribution in [0.4, 0.5) is 5.69 Å². The highest BCUT2D eigenvalue weighted by Gasteiger charge is 2.45. The fourth-order valence-corrected chi connectivity index (χ4v) is 7.43. The van der Waals surface area contributed by atoms with Gasteiger partial charge in [0.2, 0.25) is 0 Å². The Balaban J connectivity index is 0.00000239. The first kappa shape index (κ1) is 37.0. The Kier molecular flexibility index (Phi) is 13.4. The molecule has 0 aliphatic carbocycles. The summed E-state index contributed by atoms with van der Waals surface area (Å²) in [4.78, 5) is 5.13. The van der Waals surface area contributed by atoms with E-state index < -0.39 is 0 Å². The summed E-state index contributed by atoms with van der Waals surface area (Å²) in [5, 5.41) is 0. The number of rotatable bonds is 14. The summed E-state index contributed by atoms with van der Waals surface area (Å²) >= 11 is 0. The van der Waals surface area contributed by atoms with Gasteiger partial charge in [-0.2, -0.15) is 0 Å². The number of allylic oxidation sites excluding steroid dienone is 3. The number of aryl methyl sites for hydroxylation is 1. The molecule has 0 saturated carbocycles. The van der Waals surface area contributed by atoms with Gasteiger partial charge in [-0.15, -0.1) is 0 Å². The van der Waals surface area contributed by atoms with Crippen LogP contribution in [0.25, 0.3) is 0 Å². The first-order chi connectivity index (χ1) is 24.4. The maximum absolute atomic E-state index is 6.16. The number of benzene rings is 4. The predicted molar refractivity (Wildman–Crippen MR) is 211 cm³/mol. The number of nitrogens with zero attached hydrogens (tertiary/aromatic N) is 2. The van der Waals surface area contributed by atoms with Crippen LogP contribution >= 0.6 is 0 Å². The zero-order chi connectivity index (χ0) is 35.3. The smallest absolute Gasteiger partial charge is 0.119 e. The van der Waals surface area contributed by atoms with Crippen molar-refractivity contribution in [1.82, 2.24) is 4.90 Å². The molecule has 6 rings (SSSR count). The molecule has 2 aliphatic rings. The second-order valence-electron chi connectivity index (χ2n) is 14.0. The number of fused-ring (bicyclic) bond motifs is 1. The molecule has 264 valence electrons. The SMILES string of the molecule is C=C(/C=C\C)CCc1ccc2c(c1)C(C)(C)C(c1ccc(OCc3ccccc3)cc1)N2Cc1ccc(OCCN2CCCCC2)cc1.CC. The molecule has 4 aromatic rings. The Hall–Kier alpha value is -4.28. The lowest BCUT2D eigenvalue weighted by molar-refractivity contribution is 0.183. The van der Waals surface area contributed by atoms with E-state index in [2.05, 4.69) is 140 Å². The quantitative estimate of drug-likeness (QED) is 0.125. The van der Waals surface area contributed by atoms with Gasteiger partial charge in [-0.3, -0.25) is 4.90 Å². The van der Waals surface area contributed by atoms with E-state index in [0.717, 1.165) is 44.0 Å². The fourth-order valence-electron chi connectivity index (χ4n) is 7.43. The highest BCUT2D eigenvalue weighted by atomic mass is 16.5. The van der Waals surface area contributed by atoms with Crippen LogP contribution in [0.1, 0.15) is 94.2 Å². The van der Waals surface area contributed by atoms with Crippen molar-refractivity contribution >= 4 is 5.69 Å². The van der Waals surface area contributed by atoms with Crippen LogP contribution in [0.15, 0.2) is 121 Å². The number of piperidine rings is 1. The molecule has 0 amide bonds. The number of hydrogen-bond donors (Lipinski definition) is 0. The molecule has 0 N–H and O–H groups in total. The number of hydrogen-bond acceptors (Lipinski definition) is 4. The predicted octanol–water partition coefficient (Wildman–Crippen LogP) is 11.3. The van der Waals surface area contributed by atoms with Crippen LogP contribution < -0.4 is 14.4 Å². The van der Waals surface area contributed by atoms with Gasteiger partial charge in [0.05, 0.1) is 6.04 Å². The zero-order valence-corrected chi connectivity index (χ0v) is 31.2. The lowest BCUT2D eigenvalue weighted by atomic mass is 9.77. The summed E-state index contributed by atoms with van der Waals surface area (Å²) in [5.41, 5.74) is 8.90. The van der Waals surface area contributed by atoms with Gasteiger partial charge in [-0.1, -0.05) is 125 Å². The van der Waals surface area contributed by atoms with Gasteiger partial charge in [-0.05, 0) is 104 Å². The van der Waals surface area contributed by atoms with Crippen molar-refractivity contribution < 1.29 is 9.47 Å². The molecule has 4 aromatic carbocycles. The summed E-state index contributed by atoms with van der Waals surface area (Å²) in [5.74, 6) is 1.84.